The fourth-order valence-corrected chi connectivity index (χ4v) is 2.52. The number of nitrogens with two attached hydrogens (primary N) is 1. The number of aliphatic hydroxyl groups excluding tert-OH is 1. The second-order valence-corrected chi connectivity index (χ2v) is 4.77. The predicted octanol–water partition coefficient (Wildman–Crippen LogP) is 2.48. The Bertz CT molecular complexity index is 549. The predicted molar refractivity (Wildman–Crippen MR) is 82.7 cm³/mol. The number of methoxy groups -OCH3 is 2. The van der Waals surface area contributed by atoms with Crippen LogP contribution in [0, 0.1) is 0 Å². The first-order chi connectivity index (χ1) is 10.2. The average Bonchev–Trinajstić information content (AvgIpc) is 2.55. The van der Waals surface area contributed by atoms with Gasteiger partial charge in [-0.05, 0) is 17.7 Å². The van der Waals surface area contributed by atoms with Gasteiger partial charge in [0.05, 0.1) is 25.9 Å². The van der Waals surface area contributed by atoms with E-state index in [9.17, 15) is 5.11 Å². The maximum absolute atomic E-state index is 10.8. The van der Waals surface area contributed by atoms with Gasteiger partial charge in [0, 0.05) is 12.5 Å². The molecule has 3 N–H and O–H groups in total. The monoisotopic (exact) mass is 287 g/mol. The van der Waals surface area contributed by atoms with Gasteiger partial charge in [-0.25, -0.2) is 0 Å². The molecule has 0 heterocycles. The molecule has 0 saturated heterocycles. The Morgan fingerprint density at radius 3 is 2.00 bits per heavy atom. The summed E-state index contributed by atoms with van der Waals surface area (Å²) in [4.78, 5) is 0. The Morgan fingerprint density at radius 1 is 0.952 bits per heavy atom. The molecule has 0 aliphatic heterocycles. The van der Waals surface area contributed by atoms with Gasteiger partial charge in [-0.3, -0.25) is 0 Å². The van der Waals surface area contributed by atoms with Crippen molar-refractivity contribution in [1.82, 2.24) is 0 Å². The number of aliphatic hydroxyl groups is 1. The lowest BCUT2D eigenvalue weighted by Gasteiger charge is -2.25. The Balaban J connectivity index is 2.45. The van der Waals surface area contributed by atoms with Crippen LogP contribution in [-0.4, -0.2) is 25.9 Å². The molecule has 0 aliphatic carbocycles. The van der Waals surface area contributed by atoms with E-state index >= 15 is 0 Å². The maximum Gasteiger partial charge on any atom is 0.128 e. The molecule has 2 rings (SSSR count). The number of ether oxygens (including phenoxy) is 2. The van der Waals surface area contributed by atoms with Gasteiger partial charge >= 0.3 is 0 Å². The number of hydrogen-bond acceptors (Lipinski definition) is 4. The van der Waals surface area contributed by atoms with Crippen LogP contribution in [0.5, 0.6) is 11.5 Å². The van der Waals surface area contributed by atoms with Crippen LogP contribution in [0.4, 0.5) is 0 Å². The number of hydrogen-bond donors (Lipinski definition) is 2. The topological polar surface area (TPSA) is 64.7 Å². The lowest BCUT2D eigenvalue weighted by Crippen LogP contribution is -2.21. The summed E-state index contributed by atoms with van der Waals surface area (Å²) < 4.78 is 10.7. The molecule has 2 aromatic carbocycles. The minimum atomic E-state index is -0.802. The quantitative estimate of drug-likeness (QED) is 0.856. The molecule has 0 aromatic heterocycles. The van der Waals surface area contributed by atoms with E-state index in [1.54, 1.807) is 26.4 Å². The Morgan fingerprint density at radius 2 is 1.52 bits per heavy atom. The summed E-state index contributed by atoms with van der Waals surface area (Å²) in [6.45, 7) is 0.326. The first-order valence-electron chi connectivity index (χ1n) is 6.86. The third-order valence-electron chi connectivity index (χ3n) is 3.62. The van der Waals surface area contributed by atoms with Crippen molar-refractivity contribution in [2.45, 2.75) is 12.0 Å². The zero-order valence-electron chi connectivity index (χ0n) is 12.3. The largest absolute Gasteiger partial charge is 0.496 e. The summed E-state index contributed by atoms with van der Waals surface area (Å²) >= 11 is 0. The minimum Gasteiger partial charge on any atom is -0.496 e. The van der Waals surface area contributed by atoms with E-state index in [1.165, 1.54) is 0 Å². The average molecular weight is 287 g/mol. The highest BCUT2D eigenvalue weighted by Crippen LogP contribution is 2.40. The molecular weight excluding hydrogens is 266 g/mol. The molecule has 0 bridgehead atoms. The van der Waals surface area contributed by atoms with Crippen LogP contribution < -0.4 is 15.2 Å². The summed E-state index contributed by atoms with van der Waals surface area (Å²) in [5.74, 6) is 0.962. The number of benzene rings is 2. The highest BCUT2D eigenvalue weighted by atomic mass is 16.5. The van der Waals surface area contributed by atoms with Gasteiger partial charge in [-0.2, -0.15) is 0 Å². The van der Waals surface area contributed by atoms with E-state index in [2.05, 4.69) is 0 Å². The van der Waals surface area contributed by atoms with Gasteiger partial charge in [-0.15, -0.1) is 0 Å². The molecule has 0 fully saturated rings. The van der Waals surface area contributed by atoms with Crippen LogP contribution in [0.15, 0.2) is 48.5 Å². The molecule has 2 atom stereocenters. The van der Waals surface area contributed by atoms with Crippen LogP contribution in [0.3, 0.4) is 0 Å². The molecular formula is C17H21NO3. The van der Waals surface area contributed by atoms with Gasteiger partial charge in [0.25, 0.3) is 0 Å². The Hall–Kier alpha value is -2.04. The van der Waals surface area contributed by atoms with Gasteiger partial charge in [0.2, 0.25) is 0 Å². The molecule has 4 heteroatoms. The molecule has 4 nitrogen and oxygen atoms in total. The van der Waals surface area contributed by atoms with Crippen molar-refractivity contribution < 1.29 is 14.6 Å². The first kappa shape index (κ1) is 15.4. The second-order valence-electron chi connectivity index (χ2n) is 4.77. The summed E-state index contributed by atoms with van der Waals surface area (Å²) in [7, 11) is 3.15. The summed E-state index contributed by atoms with van der Waals surface area (Å²) in [5.41, 5.74) is 7.50. The van der Waals surface area contributed by atoms with E-state index in [4.69, 9.17) is 15.2 Å². The second kappa shape index (κ2) is 7.11. The van der Waals surface area contributed by atoms with Crippen molar-refractivity contribution in [3.8, 4) is 11.5 Å². The van der Waals surface area contributed by atoms with Crippen LogP contribution in [0.2, 0.25) is 0 Å². The van der Waals surface area contributed by atoms with E-state index < -0.39 is 6.10 Å². The van der Waals surface area contributed by atoms with Crippen LogP contribution in [0.25, 0.3) is 0 Å². The fraction of sp³-hybridized carbons (Fsp3) is 0.294. The standard InChI is InChI=1S/C17H21NO3/c1-20-14-9-6-10-15(21-2)16(14)17(19)13(11-18)12-7-4-3-5-8-12/h3-10,13,17,19H,11,18H2,1-2H3. The van der Waals surface area contributed by atoms with Crippen molar-refractivity contribution in [2.75, 3.05) is 20.8 Å². The third-order valence-corrected chi connectivity index (χ3v) is 3.62. The van der Waals surface area contributed by atoms with E-state index in [-0.39, 0.29) is 5.92 Å². The lowest BCUT2D eigenvalue weighted by atomic mass is 9.88. The highest BCUT2D eigenvalue weighted by Gasteiger charge is 2.27. The zero-order chi connectivity index (χ0) is 15.2. The smallest absolute Gasteiger partial charge is 0.128 e. The molecule has 112 valence electrons. The van der Waals surface area contributed by atoms with Crippen LogP contribution in [-0.2, 0) is 0 Å². The molecule has 0 radical (unpaired) electrons. The van der Waals surface area contributed by atoms with E-state index in [1.807, 2.05) is 36.4 Å². The van der Waals surface area contributed by atoms with E-state index in [0.29, 0.717) is 23.6 Å². The molecule has 2 aromatic rings. The molecule has 21 heavy (non-hydrogen) atoms. The zero-order valence-corrected chi connectivity index (χ0v) is 12.3. The Labute approximate surface area is 125 Å². The van der Waals surface area contributed by atoms with Crippen LogP contribution in [0.1, 0.15) is 23.1 Å². The SMILES string of the molecule is COc1cccc(OC)c1C(O)C(CN)c1ccccc1. The molecule has 0 spiro atoms. The summed E-state index contributed by atoms with van der Waals surface area (Å²) in [5, 5.41) is 10.8. The van der Waals surface area contributed by atoms with Crippen molar-refractivity contribution >= 4 is 0 Å². The summed E-state index contributed by atoms with van der Waals surface area (Å²) in [6.07, 6.45) is -0.802. The molecule has 0 amide bonds. The van der Waals surface area contributed by atoms with Gasteiger partial charge in [0.15, 0.2) is 0 Å². The van der Waals surface area contributed by atoms with Crippen molar-refractivity contribution in [3.05, 3.63) is 59.7 Å². The normalized spacial score (nSPS) is 13.5. The fourth-order valence-electron chi connectivity index (χ4n) is 2.52. The molecule has 0 saturated carbocycles. The highest BCUT2D eigenvalue weighted by molar-refractivity contribution is 5.47. The molecule has 0 aliphatic rings. The minimum absolute atomic E-state index is 0.226. The first-order valence-corrected chi connectivity index (χ1v) is 6.86. The Kier molecular flexibility index (Phi) is 5.20. The van der Waals surface area contributed by atoms with Gasteiger partial charge in [0.1, 0.15) is 11.5 Å². The van der Waals surface area contributed by atoms with Gasteiger partial charge in [-0.1, -0.05) is 36.4 Å². The van der Waals surface area contributed by atoms with Crippen molar-refractivity contribution in [3.63, 3.8) is 0 Å². The number of rotatable bonds is 6. The van der Waals surface area contributed by atoms with Gasteiger partial charge < -0.3 is 20.3 Å². The molecule has 2 unspecified atom stereocenters. The third kappa shape index (κ3) is 3.17. The van der Waals surface area contributed by atoms with Crippen molar-refractivity contribution in [2.24, 2.45) is 5.73 Å². The summed E-state index contributed by atoms with van der Waals surface area (Å²) in [6, 6.07) is 15.2. The van der Waals surface area contributed by atoms with E-state index in [0.717, 1.165) is 5.56 Å². The lowest BCUT2D eigenvalue weighted by molar-refractivity contribution is 0.140. The van der Waals surface area contributed by atoms with Crippen LogP contribution >= 0.6 is 0 Å². The van der Waals surface area contributed by atoms with Crippen molar-refractivity contribution in [1.29, 1.82) is 0 Å². The maximum atomic E-state index is 10.8.